The second kappa shape index (κ2) is 14.2. The third-order valence-electron chi connectivity index (χ3n) is 5.31. The first kappa shape index (κ1) is 23.2. The van der Waals surface area contributed by atoms with Crippen LogP contribution in [0.15, 0.2) is 30.3 Å². The second-order valence-electron chi connectivity index (χ2n) is 7.59. The van der Waals surface area contributed by atoms with Gasteiger partial charge in [0.1, 0.15) is 0 Å². The van der Waals surface area contributed by atoms with Crippen molar-refractivity contribution in [1.29, 1.82) is 0 Å². The first-order valence-corrected chi connectivity index (χ1v) is 10.5. The van der Waals surface area contributed by atoms with E-state index in [4.69, 9.17) is 5.11 Å². The van der Waals surface area contributed by atoms with E-state index in [0.29, 0.717) is 12.8 Å². The SMILES string of the molecule is CCCCCCCCCC(Cc1ccccc1)C(CCCC(=O)O)C(=O)O. The van der Waals surface area contributed by atoms with Gasteiger partial charge >= 0.3 is 11.9 Å². The van der Waals surface area contributed by atoms with Crippen molar-refractivity contribution in [1.82, 2.24) is 0 Å². The number of carboxylic acids is 2. The molecule has 4 heteroatoms. The van der Waals surface area contributed by atoms with E-state index in [1.54, 1.807) is 0 Å². The third kappa shape index (κ3) is 10.8. The van der Waals surface area contributed by atoms with Crippen LogP contribution in [0, 0.1) is 11.8 Å². The first-order valence-electron chi connectivity index (χ1n) is 10.5. The van der Waals surface area contributed by atoms with Crippen molar-refractivity contribution in [2.24, 2.45) is 11.8 Å². The highest BCUT2D eigenvalue weighted by atomic mass is 16.4. The Labute approximate surface area is 164 Å². The normalized spacial score (nSPS) is 13.2. The fourth-order valence-corrected chi connectivity index (χ4v) is 3.76. The Morgan fingerprint density at radius 1 is 0.852 bits per heavy atom. The molecule has 0 amide bonds. The highest BCUT2D eigenvalue weighted by Gasteiger charge is 2.27. The summed E-state index contributed by atoms with van der Waals surface area (Å²) in [4.78, 5) is 22.6. The molecule has 27 heavy (non-hydrogen) atoms. The number of hydrogen-bond acceptors (Lipinski definition) is 2. The second-order valence-corrected chi connectivity index (χ2v) is 7.59. The minimum Gasteiger partial charge on any atom is -0.481 e. The van der Waals surface area contributed by atoms with Crippen LogP contribution in [-0.4, -0.2) is 22.2 Å². The number of aliphatic carboxylic acids is 2. The molecule has 0 aliphatic carbocycles. The summed E-state index contributed by atoms with van der Waals surface area (Å²) in [5.41, 5.74) is 1.16. The average molecular weight is 377 g/mol. The maximum absolute atomic E-state index is 11.9. The van der Waals surface area contributed by atoms with Gasteiger partial charge in [0.05, 0.1) is 5.92 Å². The molecule has 2 atom stereocenters. The van der Waals surface area contributed by atoms with Crippen LogP contribution in [0.3, 0.4) is 0 Å². The van der Waals surface area contributed by atoms with Crippen LogP contribution < -0.4 is 0 Å². The number of unbranched alkanes of at least 4 members (excludes halogenated alkanes) is 6. The lowest BCUT2D eigenvalue weighted by Crippen LogP contribution is -2.26. The van der Waals surface area contributed by atoms with Crippen LogP contribution in [-0.2, 0) is 16.0 Å². The van der Waals surface area contributed by atoms with Gasteiger partial charge in [0.25, 0.3) is 0 Å². The summed E-state index contributed by atoms with van der Waals surface area (Å²) in [6.45, 7) is 2.21. The lowest BCUT2D eigenvalue weighted by atomic mass is 9.80. The molecule has 1 aromatic carbocycles. The van der Waals surface area contributed by atoms with Gasteiger partial charge in [0.2, 0.25) is 0 Å². The van der Waals surface area contributed by atoms with Crippen LogP contribution in [0.1, 0.15) is 83.1 Å². The summed E-state index contributed by atoms with van der Waals surface area (Å²) in [5, 5.41) is 18.6. The Balaban J connectivity index is 2.61. The highest BCUT2D eigenvalue weighted by molar-refractivity contribution is 5.70. The van der Waals surface area contributed by atoms with Gasteiger partial charge in [-0.25, -0.2) is 0 Å². The van der Waals surface area contributed by atoms with Gasteiger partial charge < -0.3 is 10.2 Å². The molecule has 0 saturated heterocycles. The summed E-state index contributed by atoms with van der Waals surface area (Å²) in [7, 11) is 0. The van der Waals surface area contributed by atoms with Gasteiger partial charge in [-0.05, 0) is 37.2 Å². The molecule has 2 N–H and O–H groups in total. The van der Waals surface area contributed by atoms with E-state index in [1.165, 1.54) is 32.1 Å². The number of rotatable bonds is 16. The number of benzene rings is 1. The van der Waals surface area contributed by atoms with Crippen molar-refractivity contribution in [2.45, 2.75) is 84.0 Å². The molecule has 0 saturated carbocycles. The van der Waals surface area contributed by atoms with Gasteiger partial charge in [-0.1, -0.05) is 82.2 Å². The Hall–Kier alpha value is -1.84. The minimum atomic E-state index is -0.856. The third-order valence-corrected chi connectivity index (χ3v) is 5.31. The Morgan fingerprint density at radius 2 is 1.48 bits per heavy atom. The van der Waals surface area contributed by atoms with Crippen LogP contribution in [0.5, 0.6) is 0 Å². The molecule has 0 bridgehead atoms. The van der Waals surface area contributed by atoms with Crippen molar-refractivity contribution in [3.8, 4) is 0 Å². The van der Waals surface area contributed by atoms with E-state index in [0.717, 1.165) is 31.2 Å². The summed E-state index contributed by atoms with van der Waals surface area (Å²) >= 11 is 0. The fourth-order valence-electron chi connectivity index (χ4n) is 3.76. The van der Waals surface area contributed by atoms with Gasteiger partial charge in [0, 0.05) is 6.42 Å². The van der Waals surface area contributed by atoms with E-state index < -0.39 is 17.9 Å². The topological polar surface area (TPSA) is 74.6 Å². The molecule has 0 aromatic heterocycles. The summed E-state index contributed by atoms with van der Waals surface area (Å²) in [6.07, 6.45) is 11.1. The van der Waals surface area contributed by atoms with Gasteiger partial charge in [0.15, 0.2) is 0 Å². The zero-order chi connectivity index (χ0) is 19.9. The minimum absolute atomic E-state index is 0.0409. The Bertz CT molecular complexity index is 526. The molecular formula is C23H36O4. The number of carboxylic acid groups (broad SMARTS) is 2. The zero-order valence-electron chi connectivity index (χ0n) is 16.7. The molecular weight excluding hydrogens is 340 g/mol. The monoisotopic (exact) mass is 376 g/mol. The maximum atomic E-state index is 11.9. The standard InChI is InChI=1S/C23H36O4/c1-2-3-4-5-6-7-11-15-20(18-19-13-9-8-10-14-19)21(23(26)27)16-12-17-22(24)25/h8-10,13-14,20-21H,2-7,11-12,15-18H2,1H3,(H,24,25)(H,26,27). The number of carbonyl (C=O) groups is 2. The van der Waals surface area contributed by atoms with E-state index in [-0.39, 0.29) is 12.3 Å². The zero-order valence-corrected chi connectivity index (χ0v) is 16.7. The van der Waals surface area contributed by atoms with E-state index in [1.807, 2.05) is 30.3 Å². The van der Waals surface area contributed by atoms with Crippen molar-refractivity contribution in [2.75, 3.05) is 0 Å². The molecule has 0 heterocycles. The van der Waals surface area contributed by atoms with Crippen molar-refractivity contribution < 1.29 is 19.8 Å². The predicted octanol–water partition coefficient (Wildman–Crippen LogP) is 5.94. The van der Waals surface area contributed by atoms with Crippen LogP contribution >= 0.6 is 0 Å². The molecule has 0 aliphatic rings. The molecule has 152 valence electrons. The van der Waals surface area contributed by atoms with Crippen LogP contribution in [0.2, 0.25) is 0 Å². The molecule has 0 spiro atoms. The Kier molecular flexibility index (Phi) is 12.2. The maximum Gasteiger partial charge on any atom is 0.306 e. The lowest BCUT2D eigenvalue weighted by Gasteiger charge is -2.24. The molecule has 0 fully saturated rings. The van der Waals surface area contributed by atoms with Crippen LogP contribution in [0.4, 0.5) is 0 Å². The van der Waals surface area contributed by atoms with Crippen LogP contribution in [0.25, 0.3) is 0 Å². The molecule has 4 nitrogen and oxygen atoms in total. The largest absolute Gasteiger partial charge is 0.481 e. The summed E-state index contributed by atoms with van der Waals surface area (Å²) < 4.78 is 0. The average Bonchev–Trinajstić information content (AvgIpc) is 2.64. The van der Waals surface area contributed by atoms with E-state index in [9.17, 15) is 14.7 Å². The van der Waals surface area contributed by atoms with Gasteiger partial charge in [-0.2, -0.15) is 0 Å². The molecule has 0 aliphatic heterocycles. The van der Waals surface area contributed by atoms with Crippen molar-refractivity contribution in [3.63, 3.8) is 0 Å². The first-order chi connectivity index (χ1) is 13.0. The Morgan fingerprint density at radius 3 is 2.07 bits per heavy atom. The van der Waals surface area contributed by atoms with Gasteiger partial charge in [-0.3, -0.25) is 9.59 Å². The smallest absolute Gasteiger partial charge is 0.306 e. The summed E-state index contributed by atoms with van der Waals surface area (Å²) in [6, 6.07) is 10.0. The van der Waals surface area contributed by atoms with Gasteiger partial charge in [-0.15, -0.1) is 0 Å². The molecule has 1 rings (SSSR count). The predicted molar refractivity (Wildman–Crippen MR) is 109 cm³/mol. The fraction of sp³-hybridized carbons (Fsp3) is 0.652. The van der Waals surface area contributed by atoms with E-state index >= 15 is 0 Å². The number of hydrogen-bond donors (Lipinski definition) is 2. The molecule has 2 unspecified atom stereocenters. The summed E-state index contributed by atoms with van der Waals surface area (Å²) in [5.74, 6) is -2.05. The van der Waals surface area contributed by atoms with Crippen molar-refractivity contribution >= 4 is 11.9 Å². The highest BCUT2D eigenvalue weighted by Crippen LogP contribution is 2.28. The molecule has 1 aromatic rings. The lowest BCUT2D eigenvalue weighted by molar-refractivity contribution is -0.145. The molecule has 0 radical (unpaired) electrons. The van der Waals surface area contributed by atoms with E-state index in [2.05, 4.69) is 6.92 Å². The van der Waals surface area contributed by atoms with Crippen molar-refractivity contribution in [3.05, 3.63) is 35.9 Å². The quantitative estimate of drug-likeness (QED) is 0.350.